The number of fused-ring (bicyclic) bond motifs is 2. The largest absolute Gasteiger partial charge is 0.342 e. The number of para-hydroxylation sites is 1. The lowest BCUT2D eigenvalue weighted by molar-refractivity contribution is 1.21. The fraction of sp³-hybridized carbons (Fsp3) is 0.0714. The van der Waals surface area contributed by atoms with Crippen molar-refractivity contribution >= 4 is 55.0 Å². The maximum atomic E-state index is 7.79. The van der Waals surface area contributed by atoms with Crippen molar-refractivity contribution in [1.29, 1.82) is 0 Å². The van der Waals surface area contributed by atoms with E-state index in [-0.39, 0.29) is 0 Å². The number of benzene rings is 2. The van der Waals surface area contributed by atoms with E-state index in [0.717, 1.165) is 26.3 Å². The Morgan fingerprint density at radius 2 is 2.11 bits per heavy atom. The molecule has 1 aliphatic rings. The maximum absolute atomic E-state index is 7.79. The highest BCUT2D eigenvalue weighted by Crippen LogP contribution is 2.40. The van der Waals surface area contributed by atoms with Crippen LogP contribution in [-0.2, 0) is 0 Å². The average Bonchev–Trinajstić information content (AvgIpc) is 2.46. The minimum Gasteiger partial charge on any atom is -0.342 e. The molecule has 0 saturated carbocycles. The van der Waals surface area contributed by atoms with Gasteiger partial charge in [-0.1, -0.05) is 29.8 Å². The molecule has 0 fully saturated rings. The van der Waals surface area contributed by atoms with E-state index in [1.807, 2.05) is 42.3 Å². The molecule has 3 rings (SSSR count). The van der Waals surface area contributed by atoms with Crippen molar-refractivity contribution in [2.75, 3.05) is 11.9 Å². The Balaban J connectivity index is 2.30. The van der Waals surface area contributed by atoms with Gasteiger partial charge in [-0.15, -0.1) is 0 Å². The average molecular weight is 370 g/mol. The van der Waals surface area contributed by atoms with Gasteiger partial charge in [0.2, 0.25) is 0 Å². The van der Waals surface area contributed by atoms with Crippen LogP contribution in [0.1, 0.15) is 6.93 Å². The van der Waals surface area contributed by atoms with Crippen molar-refractivity contribution in [1.82, 2.24) is 0 Å². The predicted molar refractivity (Wildman–Crippen MR) is 86.2 cm³/mol. The van der Waals surface area contributed by atoms with Gasteiger partial charge in [-0.2, -0.15) is 0 Å². The van der Waals surface area contributed by atoms with Crippen molar-refractivity contribution in [2.45, 2.75) is 0 Å². The first-order valence-electron chi connectivity index (χ1n) is 5.95. The Labute approximate surface area is 126 Å². The molecule has 0 spiro atoms. The third-order valence-electron chi connectivity index (χ3n) is 2.94. The molecule has 0 bridgehead atoms. The number of halogens is 2. The summed E-state index contributed by atoms with van der Waals surface area (Å²) in [6.45, 7) is 0. The van der Waals surface area contributed by atoms with Crippen LogP contribution in [0.15, 0.2) is 47.4 Å². The van der Waals surface area contributed by atoms with E-state index in [0.29, 0.717) is 11.1 Å². The number of rotatable bonds is 0. The zero-order valence-corrected chi connectivity index (χ0v) is 12.5. The lowest BCUT2D eigenvalue weighted by atomic mass is 10.1. The predicted octanol–water partition coefficient (Wildman–Crippen LogP) is 4.93. The first kappa shape index (κ1) is 10.8. The summed E-state index contributed by atoms with van der Waals surface area (Å²) in [7, 11) is 1.98. The molecule has 2 aromatic rings. The van der Waals surface area contributed by atoms with E-state index >= 15 is 0 Å². The van der Waals surface area contributed by atoms with Gasteiger partial charge in [-0.05, 0) is 46.9 Å². The molecule has 2 nitrogen and oxygen atoms in total. The maximum Gasteiger partial charge on any atom is 0.111 e. The summed E-state index contributed by atoms with van der Waals surface area (Å²) in [5, 5.41) is 0.673. The zero-order chi connectivity index (χ0) is 13.6. The smallest absolute Gasteiger partial charge is 0.111 e. The first-order chi connectivity index (χ1) is 9.06. The molecule has 0 aliphatic carbocycles. The third-order valence-corrected chi connectivity index (χ3v) is 4.00. The standard InChI is InChI=1S/C14H10ClIN2/c1-18-12-5-3-2-4-10(12)14(16)17-11-8-9(15)6-7-13(11)18/h2-8H,1H3/i3D. The molecule has 0 aromatic heterocycles. The number of anilines is 2. The molecule has 2 aromatic carbocycles. The number of nitrogens with zero attached hydrogens (tertiary/aromatic N) is 2. The van der Waals surface area contributed by atoms with Gasteiger partial charge in [0, 0.05) is 17.6 Å². The molecule has 0 atom stereocenters. The molecule has 0 saturated heterocycles. The van der Waals surface area contributed by atoms with Crippen LogP contribution in [0.4, 0.5) is 17.1 Å². The van der Waals surface area contributed by atoms with E-state index in [1.165, 1.54) is 0 Å². The summed E-state index contributed by atoms with van der Waals surface area (Å²) in [6.07, 6.45) is 0. The van der Waals surface area contributed by atoms with Crippen LogP contribution in [0.5, 0.6) is 0 Å². The van der Waals surface area contributed by atoms with Crippen molar-refractivity contribution < 1.29 is 1.37 Å². The molecule has 0 unspecified atom stereocenters. The zero-order valence-electron chi connectivity index (χ0n) is 10.6. The lowest BCUT2D eigenvalue weighted by Gasteiger charge is -2.21. The third kappa shape index (κ3) is 1.91. The fourth-order valence-electron chi connectivity index (χ4n) is 2.04. The van der Waals surface area contributed by atoms with Gasteiger partial charge >= 0.3 is 0 Å². The molecule has 0 amide bonds. The van der Waals surface area contributed by atoms with Gasteiger partial charge in [0.1, 0.15) is 3.72 Å². The Bertz CT molecular complexity index is 700. The van der Waals surface area contributed by atoms with Gasteiger partial charge < -0.3 is 4.90 Å². The first-order valence-corrected chi connectivity index (χ1v) is 6.90. The van der Waals surface area contributed by atoms with Gasteiger partial charge in [0.15, 0.2) is 0 Å². The molecule has 0 radical (unpaired) electrons. The monoisotopic (exact) mass is 369 g/mol. The second kappa shape index (κ2) is 4.55. The fourth-order valence-corrected chi connectivity index (χ4v) is 2.92. The van der Waals surface area contributed by atoms with Crippen LogP contribution in [-0.4, -0.2) is 10.8 Å². The van der Waals surface area contributed by atoms with E-state index in [9.17, 15) is 0 Å². The minimum absolute atomic E-state index is 0.493. The van der Waals surface area contributed by atoms with E-state index < -0.39 is 0 Å². The highest BCUT2D eigenvalue weighted by molar-refractivity contribution is 14.1. The van der Waals surface area contributed by atoms with E-state index in [4.69, 9.17) is 13.0 Å². The summed E-state index contributed by atoms with van der Waals surface area (Å²) in [5.41, 5.74) is 3.86. The highest BCUT2D eigenvalue weighted by atomic mass is 127. The van der Waals surface area contributed by atoms with Crippen molar-refractivity contribution in [3.63, 3.8) is 0 Å². The molecule has 1 aliphatic heterocycles. The van der Waals surface area contributed by atoms with Crippen LogP contribution in [0.3, 0.4) is 0 Å². The van der Waals surface area contributed by atoms with Gasteiger partial charge in [0.05, 0.1) is 18.4 Å². The van der Waals surface area contributed by atoms with E-state index in [2.05, 4.69) is 27.6 Å². The molecule has 4 heteroatoms. The number of hydrogen-bond donors (Lipinski definition) is 0. The van der Waals surface area contributed by atoms with Crippen LogP contribution in [0, 0.1) is 0 Å². The van der Waals surface area contributed by atoms with Crippen molar-refractivity contribution in [3.05, 3.63) is 53.0 Å². The molecule has 0 N–H and O–H groups in total. The Hall–Kier alpha value is -1.07. The second-order valence-corrected chi connectivity index (χ2v) is 5.50. The van der Waals surface area contributed by atoms with E-state index in [1.54, 1.807) is 6.07 Å². The Morgan fingerprint density at radius 3 is 2.94 bits per heavy atom. The number of hydrogen-bond acceptors (Lipinski definition) is 2. The Kier molecular flexibility index (Phi) is 2.74. The summed E-state index contributed by atoms with van der Waals surface area (Å²) in [5.74, 6) is 0. The molecular formula is C14H10ClIN2. The lowest BCUT2D eigenvalue weighted by Crippen LogP contribution is -2.10. The van der Waals surface area contributed by atoms with Gasteiger partial charge in [-0.3, -0.25) is 0 Å². The van der Waals surface area contributed by atoms with Crippen LogP contribution >= 0.6 is 34.2 Å². The van der Waals surface area contributed by atoms with Crippen molar-refractivity contribution in [2.24, 2.45) is 4.99 Å². The SMILES string of the molecule is [2H]c1ccc2c(c1)N(C)c1ccc(Cl)cc1N=C2I. The minimum atomic E-state index is 0.493. The molecular weight excluding hydrogens is 359 g/mol. The number of aliphatic imine (C=N–C) groups is 1. The summed E-state index contributed by atoms with van der Waals surface area (Å²) < 4.78 is 8.69. The summed E-state index contributed by atoms with van der Waals surface area (Å²) >= 11 is 8.26. The molecule has 1 heterocycles. The van der Waals surface area contributed by atoms with Gasteiger partial charge in [-0.25, -0.2) is 4.99 Å². The normalized spacial score (nSPS) is 14.3. The van der Waals surface area contributed by atoms with Crippen molar-refractivity contribution in [3.8, 4) is 0 Å². The van der Waals surface area contributed by atoms with Gasteiger partial charge in [0.25, 0.3) is 0 Å². The van der Waals surface area contributed by atoms with Crippen LogP contribution in [0.2, 0.25) is 5.02 Å². The summed E-state index contributed by atoms with van der Waals surface area (Å²) in [4.78, 5) is 6.69. The molecule has 90 valence electrons. The highest BCUT2D eigenvalue weighted by Gasteiger charge is 2.18. The summed E-state index contributed by atoms with van der Waals surface area (Å²) in [6, 6.07) is 11.7. The Morgan fingerprint density at radius 1 is 1.28 bits per heavy atom. The second-order valence-electron chi connectivity index (χ2n) is 4.04. The quantitative estimate of drug-likeness (QED) is 0.601. The topological polar surface area (TPSA) is 15.6 Å². The van der Waals surface area contributed by atoms with Crippen LogP contribution < -0.4 is 4.90 Å². The molecule has 18 heavy (non-hydrogen) atoms. The van der Waals surface area contributed by atoms with Crippen LogP contribution in [0.25, 0.3) is 0 Å².